The molecule has 1 heterocycles. The van der Waals surface area contributed by atoms with Gasteiger partial charge in [0.2, 0.25) is 0 Å². The molecule has 0 aliphatic carbocycles. The van der Waals surface area contributed by atoms with Gasteiger partial charge >= 0.3 is 18.3 Å². The minimum absolute atomic E-state index is 0.0911. The second kappa shape index (κ2) is 8.56. The van der Waals surface area contributed by atoms with Gasteiger partial charge in [0.25, 0.3) is 11.5 Å². The maximum absolute atomic E-state index is 12.9. The number of nitrogens with zero attached hydrogens (tertiary/aromatic N) is 2. The van der Waals surface area contributed by atoms with Gasteiger partial charge in [-0.15, -0.1) is 0 Å². The van der Waals surface area contributed by atoms with Crippen molar-refractivity contribution in [3.05, 3.63) is 69.6 Å². The van der Waals surface area contributed by atoms with Gasteiger partial charge in [-0.05, 0) is 24.3 Å². The molecular weight excluding hydrogens is 460 g/mol. The Balaban J connectivity index is 1.79. The molecule has 1 amide bonds. The van der Waals surface area contributed by atoms with E-state index in [1.807, 2.05) is 5.32 Å². The number of halogens is 6. The van der Waals surface area contributed by atoms with Crippen LogP contribution in [0.4, 0.5) is 32.0 Å². The number of carbonyl (C=O) groups is 2. The van der Waals surface area contributed by atoms with Crippen LogP contribution in [0.2, 0.25) is 0 Å². The molecule has 13 heteroatoms. The van der Waals surface area contributed by atoms with Crippen molar-refractivity contribution in [1.82, 2.24) is 9.78 Å². The Morgan fingerprint density at radius 3 is 2.06 bits per heavy atom. The average molecular weight is 473 g/mol. The number of carbonyl (C=O) groups excluding carboxylic acids is 2. The lowest BCUT2D eigenvalue weighted by Gasteiger charge is -2.15. The van der Waals surface area contributed by atoms with Crippen LogP contribution < -0.4 is 10.9 Å². The van der Waals surface area contributed by atoms with Gasteiger partial charge in [0.05, 0.1) is 16.5 Å². The largest absolute Gasteiger partial charge is 0.451 e. The van der Waals surface area contributed by atoms with E-state index in [1.54, 1.807) is 6.07 Å². The number of fused-ring (bicyclic) bond motifs is 1. The van der Waals surface area contributed by atoms with E-state index in [-0.39, 0.29) is 22.5 Å². The molecule has 0 saturated carbocycles. The second-order valence-corrected chi connectivity index (χ2v) is 6.74. The van der Waals surface area contributed by atoms with Gasteiger partial charge in [0.1, 0.15) is 0 Å². The Labute approximate surface area is 180 Å². The number of rotatable bonds is 4. The quantitative estimate of drug-likeness (QED) is 0.460. The first kappa shape index (κ1) is 23.8. The molecule has 0 aliphatic rings. The number of ether oxygens (including phenoxy) is 1. The molecule has 0 spiro atoms. The molecule has 0 fully saturated rings. The highest BCUT2D eigenvalue weighted by Gasteiger charge is 2.37. The smallest absolute Gasteiger partial charge is 0.416 e. The van der Waals surface area contributed by atoms with Gasteiger partial charge in [-0.2, -0.15) is 31.4 Å². The predicted octanol–water partition coefficient (Wildman–Crippen LogP) is 3.77. The zero-order chi connectivity index (χ0) is 24.6. The van der Waals surface area contributed by atoms with Crippen molar-refractivity contribution in [2.24, 2.45) is 7.05 Å². The topological polar surface area (TPSA) is 90.3 Å². The summed E-state index contributed by atoms with van der Waals surface area (Å²) >= 11 is 0. The second-order valence-electron chi connectivity index (χ2n) is 6.74. The van der Waals surface area contributed by atoms with Crippen LogP contribution in [0.3, 0.4) is 0 Å². The minimum atomic E-state index is -5.09. The van der Waals surface area contributed by atoms with Crippen LogP contribution in [0.5, 0.6) is 0 Å². The molecule has 7 nitrogen and oxygen atoms in total. The fraction of sp³-hybridized carbons (Fsp3) is 0.200. The van der Waals surface area contributed by atoms with Gasteiger partial charge in [-0.25, -0.2) is 9.48 Å². The maximum atomic E-state index is 12.9. The lowest BCUT2D eigenvalue weighted by Crippen LogP contribution is -2.26. The van der Waals surface area contributed by atoms with Crippen molar-refractivity contribution in [1.29, 1.82) is 0 Å². The van der Waals surface area contributed by atoms with Gasteiger partial charge < -0.3 is 10.1 Å². The first-order valence-corrected chi connectivity index (χ1v) is 9.00. The molecule has 0 aliphatic heterocycles. The highest BCUT2D eigenvalue weighted by molar-refractivity contribution is 6.03. The molecule has 1 N–H and O–H groups in total. The van der Waals surface area contributed by atoms with Crippen molar-refractivity contribution < 1.29 is 40.7 Å². The SMILES string of the molecule is Cn1nc(C(=O)OCC(=O)Nc2cc(C(F)(F)F)cc(C(F)(F)F)c2)c2ccccc2c1=O. The first-order valence-electron chi connectivity index (χ1n) is 9.00. The Bertz CT molecular complexity index is 1270. The molecule has 33 heavy (non-hydrogen) atoms. The monoisotopic (exact) mass is 473 g/mol. The van der Waals surface area contributed by atoms with Crippen LogP contribution >= 0.6 is 0 Å². The highest BCUT2D eigenvalue weighted by Crippen LogP contribution is 2.37. The van der Waals surface area contributed by atoms with Crippen LogP contribution in [0.25, 0.3) is 10.8 Å². The molecule has 174 valence electrons. The van der Waals surface area contributed by atoms with E-state index in [4.69, 9.17) is 4.74 Å². The summed E-state index contributed by atoms with van der Waals surface area (Å²) in [5.74, 6) is -2.32. The number of esters is 1. The zero-order valence-electron chi connectivity index (χ0n) is 16.5. The Morgan fingerprint density at radius 1 is 0.970 bits per heavy atom. The van der Waals surface area contributed by atoms with Crippen LogP contribution in [-0.4, -0.2) is 28.3 Å². The third-order valence-corrected chi connectivity index (χ3v) is 4.36. The molecule has 3 rings (SSSR count). The summed E-state index contributed by atoms with van der Waals surface area (Å²) in [6.45, 7) is -1.03. The molecule has 3 aromatic rings. The summed E-state index contributed by atoms with van der Waals surface area (Å²) in [4.78, 5) is 36.5. The van der Waals surface area contributed by atoms with E-state index in [0.717, 1.165) is 4.68 Å². The van der Waals surface area contributed by atoms with E-state index < -0.39 is 53.2 Å². The number of aromatic nitrogens is 2. The van der Waals surface area contributed by atoms with Crippen molar-refractivity contribution in [3.8, 4) is 0 Å². The summed E-state index contributed by atoms with van der Waals surface area (Å²) < 4.78 is 83.2. The van der Waals surface area contributed by atoms with Gasteiger partial charge in [-0.1, -0.05) is 18.2 Å². The van der Waals surface area contributed by atoms with E-state index in [9.17, 15) is 40.7 Å². The Morgan fingerprint density at radius 2 is 1.52 bits per heavy atom. The fourth-order valence-corrected chi connectivity index (χ4v) is 2.87. The molecule has 1 aromatic heterocycles. The van der Waals surface area contributed by atoms with Crippen molar-refractivity contribution >= 4 is 28.3 Å². The predicted molar refractivity (Wildman–Crippen MR) is 102 cm³/mol. The Kier molecular flexibility index (Phi) is 6.16. The van der Waals surface area contributed by atoms with Crippen molar-refractivity contribution in [2.75, 3.05) is 11.9 Å². The molecule has 0 radical (unpaired) electrons. The lowest BCUT2D eigenvalue weighted by atomic mass is 10.1. The minimum Gasteiger partial charge on any atom is -0.451 e. The van der Waals surface area contributed by atoms with Crippen LogP contribution in [0.15, 0.2) is 47.3 Å². The number of nitrogens with one attached hydrogen (secondary N) is 1. The summed E-state index contributed by atoms with van der Waals surface area (Å²) in [6.07, 6.45) is -10.2. The van der Waals surface area contributed by atoms with Crippen LogP contribution in [0, 0.1) is 0 Å². The normalized spacial score (nSPS) is 12.0. The number of anilines is 1. The first-order chi connectivity index (χ1) is 15.3. The summed E-state index contributed by atoms with van der Waals surface area (Å²) in [5, 5.41) is 5.91. The number of hydrogen-bond donors (Lipinski definition) is 1. The zero-order valence-corrected chi connectivity index (χ0v) is 16.5. The number of alkyl halides is 6. The molecule has 0 unspecified atom stereocenters. The van der Waals surface area contributed by atoms with E-state index in [1.165, 1.54) is 25.2 Å². The number of aryl methyl sites for hydroxylation is 1. The number of benzene rings is 2. The Hall–Kier alpha value is -3.90. The summed E-state index contributed by atoms with van der Waals surface area (Å²) in [5.41, 5.74) is -4.83. The van der Waals surface area contributed by atoms with E-state index in [0.29, 0.717) is 12.1 Å². The van der Waals surface area contributed by atoms with Crippen LogP contribution in [-0.2, 0) is 28.9 Å². The van der Waals surface area contributed by atoms with Crippen LogP contribution in [0.1, 0.15) is 21.6 Å². The van der Waals surface area contributed by atoms with E-state index in [2.05, 4.69) is 5.10 Å². The molecule has 0 saturated heterocycles. The molecule has 0 atom stereocenters. The van der Waals surface area contributed by atoms with Crippen molar-refractivity contribution in [2.45, 2.75) is 12.4 Å². The van der Waals surface area contributed by atoms with Gasteiger partial charge in [0.15, 0.2) is 12.3 Å². The third-order valence-electron chi connectivity index (χ3n) is 4.36. The molecular formula is C20H13F6N3O4. The molecule has 0 bridgehead atoms. The van der Waals surface area contributed by atoms with Gasteiger partial charge in [0, 0.05) is 18.1 Å². The number of amides is 1. The van der Waals surface area contributed by atoms with Gasteiger partial charge in [-0.3, -0.25) is 9.59 Å². The lowest BCUT2D eigenvalue weighted by molar-refractivity contribution is -0.143. The highest BCUT2D eigenvalue weighted by atomic mass is 19.4. The third kappa shape index (κ3) is 5.30. The number of hydrogen-bond acceptors (Lipinski definition) is 5. The summed E-state index contributed by atoms with van der Waals surface area (Å²) in [6, 6.07) is 6.48. The standard InChI is InChI=1S/C20H13F6N3O4/c1-29-17(31)14-5-3-2-4-13(14)16(28-29)18(32)33-9-15(30)27-12-7-10(19(21,22)23)6-11(8-12)20(24,25)26/h2-8H,9H2,1H3,(H,27,30). The fourth-order valence-electron chi connectivity index (χ4n) is 2.87. The maximum Gasteiger partial charge on any atom is 0.416 e. The summed E-state index contributed by atoms with van der Waals surface area (Å²) in [7, 11) is 1.28. The molecule has 2 aromatic carbocycles. The van der Waals surface area contributed by atoms with E-state index >= 15 is 0 Å². The van der Waals surface area contributed by atoms with Crippen molar-refractivity contribution in [3.63, 3.8) is 0 Å². The average Bonchev–Trinajstić information content (AvgIpc) is 2.73.